The SMILES string of the molecule is Cc1cc(NC(=O)C(C)(C)NC(=O)c2ccc(Cl)s2)ccc1C(=O)N1CCNC(=O)CC1. The first-order valence-corrected chi connectivity index (χ1v) is 11.3. The van der Waals surface area contributed by atoms with Crippen LogP contribution in [0.1, 0.15) is 45.9 Å². The molecule has 0 radical (unpaired) electrons. The maximum atomic E-state index is 12.9. The highest BCUT2D eigenvalue weighted by atomic mass is 35.5. The zero-order valence-corrected chi connectivity index (χ0v) is 19.7. The second kappa shape index (κ2) is 9.70. The van der Waals surface area contributed by atoms with E-state index < -0.39 is 11.4 Å². The number of hydrogen-bond acceptors (Lipinski definition) is 5. The predicted molar refractivity (Wildman–Crippen MR) is 124 cm³/mol. The molecule has 10 heteroatoms. The third-order valence-corrected chi connectivity index (χ3v) is 6.34. The number of nitrogens with zero attached hydrogens (tertiary/aromatic N) is 1. The summed E-state index contributed by atoms with van der Waals surface area (Å²) in [7, 11) is 0. The van der Waals surface area contributed by atoms with Crippen molar-refractivity contribution in [2.75, 3.05) is 25.0 Å². The molecule has 1 aliphatic heterocycles. The van der Waals surface area contributed by atoms with Gasteiger partial charge >= 0.3 is 0 Å². The molecule has 3 rings (SSSR count). The van der Waals surface area contributed by atoms with Gasteiger partial charge in [0, 0.05) is 37.3 Å². The molecular weight excluding hydrogens is 452 g/mol. The smallest absolute Gasteiger partial charge is 0.262 e. The van der Waals surface area contributed by atoms with Gasteiger partial charge < -0.3 is 20.9 Å². The monoisotopic (exact) mass is 476 g/mol. The highest BCUT2D eigenvalue weighted by molar-refractivity contribution is 7.18. The molecule has 0 atom stereocenters. The Morgan fingerprint density at radius 1 is 1.16 bits per heavy atom. The van der Waals surface area contributed by atoms with Gasteiger partial charge in [-0.25, -0.2) is 0 Å². The number of amides is 4. The number of aryl methyl sites for hydroxylation is 1. The third-order valence-electron chi connectivity index (χ3n) is 5.11. The minimum atomic E-state index is -1.18. The van der Waals surface area contributed by atoms with E-state index in [-0.39, 0.29) is 24.1 Å². The summed E-state index contributed by atoms with van der Waals surface area (Å²) in [4.78, 5) is 51.6. The first-order valence-electron chi connectivity index (χ1n) is 10.1. The molecule has 0 unspecified atom stereocenters. The molecule has 4 amide bonds. The molecule has 1 aliphatic rings. The number of halogens is 1. The summed E-state index contributed by atoms with van der Waals surface area (Å²) >= 11 is 7.01. The summed E-state index contributed by atoms with van der Waals surface area (Å²) in [6, 6.07) is 8.25. The molecule has 0 saturated carbocycles. The summed E-state index contributed by atoms with van der Waals surface area (Å²) in [5, 5.41) is 8.25. The normalized spacial score (nSPS) is 14.4. The molecule has 2 heterocycles. The highest BCUT2D eigenvalue weighted by Crippen LogP contribution is 2.23. The standard InChI is InChI=1S/C22H25ClN4O4S/c1-13-12-14(4-5-15(13)20(30)27-10-8-18(28)24-9-11-27)25-21(31)22(2,3)26-19(29)16-6-7-17(23)32-16/h4-7,12H,8-11H2,1-3H3,(H,24,28)(H,25,31)(H,26,29). The lowest BCUT2D eigenvalue weighted by molar-refractivity contribution is -0.121. The van der Waals surface area contributed by atoms with Gasteiger partial charge in [-0.05, 0) is 56.7 Å². The van der Waals surface area contributed by atoms with Crippen molar-refractivity contribution < 1.29 is 19.2 Å². The average Bonchev–Trinajstić information content (AvgIpc) is 3.04. The average molecular weight is 477 g/mol. The number of benzene rings is 1. The Morgan fingerprint density at radius 2 is 1.91 bits per heavy atom. The summed E-state index contributed by atoms with van der Waals surface area (Å²) < 4.78 is 0.491. The molecule has 0 spiro atoms. The van der Waals surface area contributed by atoms with E-state index >= 15 is 0 Å². The van der Waals surface area contributed by atoms with E-state index in [2.05, 4.69) is 16.0 Å². The number of carbonyl (C=O) groups excluding carboxylic acids is 4. The van der Waals surface area contributed by atoms with Gasteiger partial charge in [0.2, 0.25) is 11.8 Å². The molecule has 1 aromatic heterocycles. The van der Waals surface area contributed by atoms with Crippen LogP contribution in [0.15, 0.2) is 30.3 Å². The highest BCUT2D eigenvalue weighted by Gasteiger charge is 2.30. The van der Waals surface area contributed by atoms with Gasteiger partial charge in [0.25, 0.3) is 11.8 Å². The summed E-state index contributed by atoms with van der Waals surface area (Å²) in [6.45, 7) is 6.25. The Morgan fingerprint density at radius 3 is 2.56 bits per heavy atom. The van der Waals surface area contributed by atoms with Crippen molar-refractivity contribution in [1.82, 2.24) is 15.5 Å². The third kappa shape index (κ3) is 5.66. The van der Waals surface area contributed by atoms with Gasteiger partial charge in [0.05, 0.1) is 9.21 Å². The topological polar surface area (TPSA) is 108 Å². The Balaban J connectivity index is 1.66. The van der Waals surface area contributed by atoms with Crippen molar-refractivity contribution in [2.24, 2.45) is 0 Å². The van der Waals surface area contributed by atoms with E-state index in [9.17, 15) is 19.2 Å². The second-order valence-electron chi connectivity index (χ2n) is 8.06. The quantitative estimate of drug-likeness (QED) is 0.616. The number of nitrogens with one attached hydrogen (secondary N) is 3. The van der Waals surface area contributed by atoms with Gasteiger partial charge in [-0.1, -0.05) is 11.6 Å². The van der Waals surface area contributed by atoms with Gasteiger partial charge in [-0.2, -0.15) is 0 Å². The molecule has 1 fully saturated rings. The summed E-state index contributed by atoms with van der Waals surface area (Å²) in [6.07, 6.45) is 0.275. The molecule has 3 N–H and O–H groups in total. The molecular formula is C22H25ClN4O4S. The maximum absolute atomic E-state index is 12.9. The van der Waals surface area contributed by atoms with Crippen LogP contribution in [-0.4, -0.2) is 53.7 Å². The van der Waals surface area contributed by atoms with Crippen molar-refractivity contribution in [1.29, 1.82) is 0 Å². The van der Waals surface area contributed by atoms with Gasteiger partial charge in [-0.15, -0.1) is 11.3 Å². The Kier molecular flexibility index (Phi) is 7.20. The van der Waals surface area contributed by atoms with Crippen LogP contribution in [-0.2, 0) is 9.59 Å². The van der Waals surface area contributed by atoms with Crippen molar-refractivity contribution in [3.05, 3.63) is 50.7 Å². The molecule has 0 aliphatic carbocycles. The second-order valence-corrected chi connectivity index (χ2v) is 9.77. The Bertz CT molecular complexity index is 1070. The van der Waals surface area contributed by atoms with Crippen LogP contribution in [0.4, 0.5) is 5.69 Å². The summed E-state index contributed by atoms with van der Waals surface area (Å²) in [5.41, 5.74) is 0.547. The van der Waals surface area contributed by atoms with E-state index in [0.29, 0.717) is 45.7 Å². The van der Waals surface area contributed by atoms with Crippen LogP contribution in [0.5, 0.6) is 0 Å². The first kappa shape index (κ1) is 23.7. The van der Waals surface area contributed by atoms with E-state index in [4.69, 9.17) is 11.6 Å². The van der Waals surface area contributed by atoms with Crippen molar-refractivity contribution in [3.8, 4) is 0 Å². The van der Waals surface area contributed by atoms with Crippen LogP contribution in [0.25, 0.3) is 0 Å². The fraction of sp³-hybridized carbons (Fsp3) is 0.364. The van der Waals surface area contributed by atoms with Crippen LogP contribution in [0.2, 0.25) is 4.34 Å². The van der Waals surface area contributed by atoms with Crippen LogP contribution >= 0.6 is 22.9 Å². The van der Waals surface area contributed by atoms with E-state index in [1.807, 2.05) is 0 Å². The first-order chi connectivity index (χ1) is 15.1. The van der Waals surface area contributed by atoms with Crippen LogP contribution in [0.3, 0.4) is 0 Å². The number of hydrogen-bond donors (Lipinski definition) is 3. The lowest BCUT2D eigenvalue weighted by Crippen LogP contribution is -2.52. The Hall–Kier alpha value is -2.91. The molecule has 8 nitrogen and oxygen atoms in total. The molecule has 2 aromatic rings. The van der Waals surface area contributed by atoms with E-state index in [1.54, 1.807) is 56.0 Å². The summed E-state index contributed by atoms with van der Waals surface area (Å²) in [5.74, 6) is -1.00. The number of anilines is 1. The fourth-order valence-corrected chi connectivity index (χ4v) is 4.19. The van der Waals surface area contributed by atoms with Crippen molar-refractivity contribution in [3.63, 3.8) is 0 Å². The maximum Gasteiger partial charge on any atom is 0.262 e. The van der Waals surface area contributed by atoms with Gasteiger partial charge in [0.15, 0.2) is 0 Å². The van der Waals surface area contributed by atoms with Crippen LogP contribution < -0.4 is 16.0 Å². The lowest BCUT2D eigenvalue weighted by atomic mass is 10.0. The number of thiophene rings is 1. The molecule has 1 saturated heterocycles. The molecule has 1 aromatic carbocycles. The zero-order valence-electron chi connectivity index (χ0n) is 18.1. The molecule has 32 heavy (non-hydrogen) atoms. The van der Waals surface area contributed by atoms with E-state index in [0.717, 1.165) is 11.3 Å². The molecule has 170 valence electrons. The number of carbonyl (C=O) groups is 4. The lowest BCUT2D eigenvalue weighted by Gasteiger charge is -2.25. The minimum Gasteiger partial charge on any atom is -0.354 e. The number of rotatable bonds is 5. The largest absolute Gasteiger partial charge is 0.354 e. The zero-order chi connectivity index (χ0) is 23.5. The molecule has 0 bridgehead atoms. The van der Waals surface area contributed by atoms with Gasteiger partial charge in [-0.3, -0.25) is 19.2 Å². The minimum absolute atomic E-state index is 0.0630. The Labute approximate surface area is 195 Å². The predicted octanol–water partition coefficient (Wildman–Crippen LogP) is 2.82. The van der Waals surface area contributed by atoms with E-state index in [1.165, 1.54) is 0 Å². The van der Waals surface area contributed by atoms with Crippen molar-refractivity contribution >= 4 is 52.3 Å². The van der Waals surface area contributed by atoms with Crippen LogP contribution in [0, 0.1) is 6.92 Å². The van der Waals surface area contributed by atoms with Gasteiger partial charge in [0.1, 0.15) is 5.54 Å². The van der Waals surface area contributed by atoms with Crippen molar-refractivity contribution in [2.45, 2.75) is 32.7 Å². The fourth-order valence-electron chi connectivity index (χ4n) is 3.25.